The van der Waals surface area contributed by atoms with Crippen LogP contribution in [0.15, 0.2) is 83.8 Å². The number of para-hydroxylation sites is 2. The van der Waals surface area contributed by atoms with Crippen molar-refractivity contribution in [1.82, 2.24) is 9.62 Å². The molecule has 3 aromatic rings. The molecule has 0 bridgehead atoms. The molecular weight excluding hydrogens is 410 g/mol. The van der Waals surface area contributed by atoms with Crippen molar-refractivity contribution in [3.05, 3.63) is 90.0 Å². The van der Waals surface area contributed by atoms with Crippen LogP contribution in [0.2, 0.25) is 0 Å². The third kappa shape index (κ3) is 4.95. The molecule has 162 valence electrons. The third-order valence-electron chi connectivity index (χ3n) is 5.16. The molecule has 0 radical (unpaired) electrons. The van der Waals surface area contributed by atoms with Crippen molar-refractivity contribution in [1.29, 1.82) is 0 Å². The highest BCUT2D eigenvalue weighted by Crippen LogP contribution is 2.27. The van der Waals surface area contributed by atoms with Gasteiger partial charge in [-0.05, 0) is 48.9 Å². The van der Waals surface area contributed by atoms with Gasteiger partial charge in [0.05, 0.1) is 22.2 Å². The van der Waals surface area contributed by atoms with Crippen LogP contribution in [-0.4, -0.2) is 39.8 Å². The molecule has 7 heteroatoms. The number of nitrogens with zero attached hydrogens (tertiary/aromatic N) is 2. The van der Waals surface area contributed by atoms with Gasteiger partial charge in [0, 0.05) is 26.8 Å². The highest BCUT2D eigenvalue weighted by Gasteiger charge is 2.19. The average Bonchev–Trinajstić information content (AvgIpc) is 2.79. The minimum absolute atomic E-state index is 0.198. The normalized spacial score (nSPS) is 12.4. The average molecular weight is 438 g/mol. The molecule has 1 N–H and O–H groups in total. The van der Waals surface area contributed by atoms with Crippen molar-refractivity contribution in [3.63, 3.8) is 0 Å². The minimum atomic E-state index is -3.49. The second kappa shape index (κ2) is 9.32. The van der Waals surface area contributed by atoms with Gasteiger partial charge in [0.1, 0.15) is 0 Å². The van der Waals surface area contributed by atoms with Gasteiger partial charge in [-0.2, -0.15) is 0 Å². The molecule has 1 unspecified atom stereocenters. The van der Waals surface area contributed by atoms with Crippen LogP contribution in [0.1, 0.15) is 28.9 Å². The largest absolute Gasteiger partial charge is 0.345 e. The van der Waals surface area contributed by atoms with Crippen molar-refractivity contribution in [2.75, 3.05) is 26.0 Å². The van der Waals surface area contributed by atoms with Gasteiger partial charge < -0.3 is 10.2 Å². The summed E-state index contributed by atoms with van der Waals surface area (Å²) in [6.45, 7) is 1.87. The van der Waals surface area contributed by atoms with E-state index in [2.05, 4.69) is 5.32 Å². The number of hydrogen-bond donors (Lipinski definition) is 1. The van der Waals surface area contributed by atoms with Crippen molar-refractivity contribution in [2.45, 2.75) is 17.9 Å². The maximum atomic E-state index is 13.1. The molecule has 0 saturated heterocycles. The molecule has 1 atom stereocenters. The Morgan fingerprint density at radius 3 is 2.03 bits per heavy atom. The fourth-order valence-electron chi connectivity index (χ4n) is 3.25. The van der Waals surface area contributed by atoms with Crippen LogP contribution in [0, 0.1) is 0 Å². The predicted octanol–water partition coefficient (Wildman–Crippen LogP) is 4.20. The van der Waals surface area contributed by atoms with Crippen molar-refractivity contribution in [2.24, 2.45) is 0 Å². The molecule has 0 aliphatic rings. The molecule has 0 aromatic heterocycles. The van der Waals surface area contributed by atoms with Crippen LogP contribution in [-0.2, 0) is 10.0 Å². The Kier molecular flexibility index (Phi) is 6.77. The molecule has 0 saturated carbocycles. The zero-order chi connectivity index (χ0) is 22.6. The fourth-order valence-corrected chi connectivity index (χ4v) is 4.15. The van der Waals surface area contributed by atoms with E-state index in [4.69, 9.17) is 0 Å². The van der Waals surface area contributed by atoms with Crippen molar-refractivity contribution in [3.8, 4) is 0 Å². The quantitative estimate of drug-likeness (QED) is 0.602. The van der Waals surface area contributed by atoms with Crippen LogP contribution >= 0.6 is 0 Å². The Bertz CT molecular complexity index is 1140. The first-order valence-electron chi connectivity index (χ1n) is 9.93. The topological polar surface area (TPSA) is 69.7 Å². The fraction of sp³-hybridized carbons (Fsp3) is 0.208. The van der Waals surface area contributed by atoms with Gasteiger partial charge in [-0.25, -0.2) is 12.7 Å². The highest BCUT2D eigenvalue weighted by molar-refractivity contribution is 7.89. The Labute approximate surface area is 184 Å². The third-order valence-corrected chi connectivity index (χ3v) is 6.99. The Hall–Kier alpha value is -3.16. The molecule has 1 amide bonds. The summed E-state index contributed by atoms with van der Waals surface area (Å²) in [6.07, 6.45) is 0. The van der Waals surface area contributed by atoms with Gasteiger partial charge in [-0.15, -0.1) is 0 Å². The Morgan fingerprint density at radius 2 is 1.42 bits per heavy atom. The number of carbonyl (C=O) groups excluding carboxylic acids is 1. The summed E-state index contributed by atoms with van der Waals surface area (Å²) in [5.74, 6) is -0.198. The highest BCUT2D eigenvalue weighted by atomic mass is 32.2. The number of sulfonamides is 1. The maximum absolute atomic E-state index is 13.1. The van der Waals surface area contributed by atoms with E-state index in [1.54, 1.807) is 30.3 Å². The van der Waals surface area contributed by atoms with Crippen LogP contribution in [0.4, 0.5) is 11.4 Å². The number of rotatable bonds is 7. The number of benzene rings is 3. The molecule has 3 rings (SSSR count). The Balaban J connectivity index is 1.79. The zero-order valence-electron chi connectivity index (χ0n) is 18.1. The standard InChI is InChI=1S/C24H27N3O3S/c1-18(19-14-16-21(17-15-19)31(29,30)26(2)3)25-24(28)22-12-8-9-13-23(22)27(4)20-10-6-5-7-11-20/h5-18H,1-4H3,(H,25,28). The molecule has 31 heavy (non-hydrogen) atoms. The van der Waals surface area contributed by atoms with Crippen LogP contribution in [0.3, 0.4) is 0 Å². The number of amides is 1. The van der Waals surface area contributed by atoms with E-state index in [-0.39, 0.29) is 16.8 Å². The summed E-state index contributed by atoms with van der Waals surface area (Å²) in [6, 6.07) is 23.6. The molecule has 0 spiro atoms. The summed E-state index contributed by atoms with van der Waals surface area (Å²) in [5.41, 5.74) is 3.16. The summed E-state index contributed by atoms with van der Waals surface area (Å²) >= 11 is 0. The van der Waals surface area contributed by atoms with Crippen molar-refractivity contribution < 1.29 is 13.2 Å². The van der Waals surface area contributed by atoms with E-state index >= 15 is 0 Å². The van der Waals surface area contributed by atoms with E-state index in [9.17, 15) is 13.2 Å². The zero-order valence-corrected chi connectivity index (χ0v) is 18.9. The van der Waals surface area contributed by atoms with E-state index in [0.29, 0.717) is 5.56 Å². The lowest BCUT2D eigenvalue weighted by molar-refractivity contribution is 0.0940. The van der Waals surface area contributed by atoms with E-state index in [1.165, 1.54) is 18.4 Å². The number of carbonyl (C=O) groups is 1. The van der Waals surface area contributed by atoms with Gasteiger partial charge in [-0.3, -0.25) is 4.79 Å². The summed E-state index contributed by atoms with van der Waals surface area (Å²) in [5, 5.41) is 3.01. The van der Waals surface area contributed by atoms with Gasteiger partial charge in [0.25, 0.3) is 5.91 Å². The second-order valence-corrected chi connectivity index (χ2v) is 9.62. The first-order chi connectivity index (χ1) is 14.7. The molecular formula is C24H27N3O3S. The van der Waals surface area contributed by atoms with Crippen molar-refractivity contribution >= 4 is 27.3 Å². The van der Waals surface area contributed by atoms with Crippen LogP contribution in [0.25, 0.3) is 0 Å². The van der Waals surface area contributed by atoms with Crippen LogP contribution < -0.4 is 10.2 Å². The number of hydrogen-bond acceptors (Lipinski definition) is 4. The predicted molar refractivity (Wildman–Crippen MR) is 124 cm³/mol. The van der Waals surface area contributed by atoms with Gasteiger partial charge in [0.2, 0.25) is 10.0 Å². The monoisotopic (exact) mass is 437 g/mol. The van der Waals surface area contributed by atoms with Gasteiger partial charge >= 0.3 is 0 Å². The van der Waals surface area contributed by atoms with E-state index < -0.39 is 10.0 Å². The second-order valence-electron chi connectivity index (χ2n) is 7.46. The Morgan fingerprint density at radius 1 is 0.839 bits per heavy atom. The molecule has 0 aliphatic carbocycles. The summed E-state index contributed by atoms with van der Waals surface area (Å²) < 4.78 is 25.7. The molecule has 0 heterocycles. The van der Waals surface area contributed by atoms with E-state index in [0.717, 1.165) is 16.9 Å². The van der Waals surface area contributed by atoms with E-state index in [1.807, 2.05) is 67.4 Å². The molecule has 6 nitrogen and oxygen atoms in total. The first-order valence-corrected chi connectivity index (χ1v) is 11.4. The maximum Gasteiger partial charge on any atom is 0.253 e. The van der Waals surface area contributed by atoms with Crippen LogP contribution in [0.5, 0.6) is 0 Å². The van der Waals surface area contributed by atoms with Gasteiger partial charge in [0.15, 0.2) is 0 Å². The minimum Gasteiger partial charge on any atom is -0.345 e. The molecule has 0 aliphatic heterocycles. The smallest absolute Gasteiger partial charge is 0.253 e. The number of anilines is 2. The number of nitrogens with one attached hydrogen (secondary N) is 1. The summed E-state index contributed by atoms with van der Waals surface area (Å²) in [4.78, 5) is 15.3. The first kappa shape index (κ1) is 22.5. The SMILES string of the molecule is CC(NC(=O)c1ccccc1N(C)c1ccccc1)c1ccc(S(=O)(=O)N(C)C)cc1. The lowest BCUT2D eigenvalue weighted by atomic mass is 10.1. The lowest BCUT2D eigenvalue weighted by Gasteiger charge is -2.23. The molecule has 3 aromatic carbocycles. The lowest BCUT2D eigenvalue weighted by Crippen LogP contribution is -2.28. The molecule has 0 fully saturated rings. The summed E-state index contributed by atoms with van der Waals surface area (Å²) in [7, 11) is 1.43. The van der Waals surface area contributed by atoms with Gasteiger partial charge in [-0.1, -0.05) is 42.5 Å².